The molecule has 0 atom stereocenters. The summed E-state index contributed by atoms with van der Waals surface area (Å²) in [5.74, 6) is -0.0238. The third kappa shape index (κ3) is 2.49. The smallest absolute Gasteiger partial charge is 0.276 e. The second-order valence-electron chi connectivity index (χ2n) is 5.55. The molecule has 3 aromatic rings. The number of anilines is 1. The zero-order valence-corrected chi connectivity index (χ0v) is 13.7. The summed E-state index contributed by atoms with van der Waals surface area (Å²) in [4.78, 5) is 13.8. The zero-order chi connectivity index (χ0) is 16.7. The van der Waals surface area contributed by atoms with Gasteiger partial charge in [0, 0.05) is 34.5 Å². The SMILES string of the molecule is Cn1nc(C(=O)Nc2cccc(F)c2)c2c1-c1ccccc1SC2. The number of rotatable bonds is 2. The number of thioether (sulfide) groups is 1. The summed E-state index contributed by atoms with van der Waals surface area (Å²) in [6, 6.07) is 13.9. The predicted molar refractivity (Wildman–Crippen MR) is 92.6 cm³/mol. The van der Waals surface area contributed by atoms with E-state index in [4.69, 9.17) is 0 Å². The highest BCUT2D eigenvalue weighted by Gasteiger charge is 2.27. The number of fused-ring (bicyclic) bond motifs is 3. The molecule has 24 heavy (non-hydrogen) atoms. The van der Waals surface area contributed by atoms with E-state index in [-0.39, 0.29) is 11.7 Å². The summed E-state index contributed by atoms with van der Waals surface area (Å²) in [5.41, 5.74) is 3.77. The average molecular weight is 339 g/mol. The van der Waals surface area contributed by atoms with E-state index < -0.39 is 0 Å². The first-order valence-electron chi connectivity index (χ1n) is 7.48. The Hall–Kier alpha value is -2.60. The van der Waals surface area contributed by atoms with Gasteiger partial charge in [0.2, 0.25) is 0 Å². The van der Waals surface area contributed by atoms with E-state index in [0.29, 0.717) is 17.1 Å². The van der Waals surface area contributed by atoms with E-state index in [1.54, 1.807) is 28.6 Å². The third-order valence-electron chi connectivity index (χ3n) is 3.96. The summed E-state index contributed by atoms with van der Waals surface area (Å²) in [5, 5.41) is 7.13. The Kier molecular flexibility index (Phi) is 3.61. The van der Waals surface area contributed by atoms with Crippen LogP contribution in [0.25, 0.3) is 11.3 Å². The number of hydrogen-bond acceptors (Lipinski definition) is 3. The lowest BCUT2D eigenvalue weighted by Crippen LogP contribution is -2.15. The van der Waals surface area contributed by atoms with Crippen molar-refractivity contribution in [3.05, 3.63) is 65.6 Å². The fourth-order valence-corrected chi connectivity index (χ4v) is 3.99. The van der Waals surface area contributed by atoms with Gasteiger partial charge in [0.25, 0.3) is 5.91 Å². The average Bonchev–Trinajstić information content (AvgIpc) is 2.92. The van der Waals surface area contributed by atoms with Gasteiger partial charge in [0.05, 0.1) is 5.69 Å². The summed E-state index contributed by atoms with van der Waals surface area (Å²) in [6.45, 7) is 0. The summed E-state index contributed by atoms with van der Waals surface area (Å²) in [7, 11) is 1.84. The molecule has 1 aliphatic heterocycles. The number of aromatic nitrogens is 2. The van der Waals surface area contributed by atoms with Crippen molar-refractivity contribution in [2.75, 3.05) is 5.32 Å². The largest absolute Gasteiger partial charge is 0.320 e. The van der Waals surface area contributed by atoms with Gasteiger partial charge in [-0.3, -0.25) is 9.48 Å². The number of halogens is 1. The van der Waals surface area contributed by atoms with Crippen LogP contribution in [0, 0.1) is 5.82 Å². The van der Waals surface area contributed by atoms with E-state index >= 15 is 0 Å². The van der Waals surface area contributed by atoms with Crippen LogP contribution in [0.4, 0.5) is 10.1 Å². The molecule has 4 rings (SSSR count). The highest BCUT2D eigenvalue weighted by molar-refractivity contribution is 7.98. The number of hydrogen-bond donors (Lipinski definition) is 1. The fraction of sp³-hybridized carbons (Fsp3) is 0.111. The predicted octanol–water partition coefficient (Wildman–Crippen LogP) is 4.08. The van der Waals surface area contributed by atoms with E-state index in [0.717, 1.165) is 16.8 Å². The first-order chi connectivity index (χ1) is 11.6. The van der Waals surface area contributed by atoms with Crippen molar-refractivity contribution in [3.63, 3.8) is 0 Å². The zero-order valence-electron chi connectivity index (χ0n) is 12.9. The summed E-state index contributed by atoms with van der Waals surface area (Å²) >= 11 is 1.69. The molecule has 6 heteroatoms. The maximum absolute atomic E-state index is 13.3. The number of nitrogens with one attached hydrogen (secondary N) is 1. The van der Waals surface area contributed by atoms with Gasteiger partial charge in [-0.15, -0.1) is 11.8 Å². The van der Waals surface area contributed by atoms with Crippen LogP contribution >= 0.6 is 11.8 Å². The highest BCUT2D eigenvalue weighted by Crippen LogP contribution is 2.42. The lowest BCUT2D eigenvalue weighted by Gasteiger charge is -2.16. The maximum atomic E-state index is 13.3. The topological polar surface area (TPSA) is 46.9 Å². The molecule has 0 fully saturated rings. The standard InChI is InChI=1S/C18H14FN3OS/c1-22-17-13-7-2-3-8-15(13)24-10-14(17)16(21-22)18(23)20-12-6-4-5-11(19)9-12/h2-9H,10H2,1H3,(H,20,23). The Morgan fingerprint density at radius 3 is 2.92 bits per heavy atom. The molecule has 1 aromatic heterocycles. The van der Waals surface area contributed by atoms with Crippen molar-refractivity contribution in [2.24, 2.45) is 7.05 Å². The minimum Gasteiger partial charge on any atom is -0.320 e. The van der Waals surface area contributed by atoms with Gasteiger partial charge >= 0.3 is 0 Å². The second kappa shape index (κ2) is 5.79. The van der Waals surface area contributed by atoms with Gasteiger partial charge in [-0.2, -0.15) is 5.10 Å². The third-order valence-corrected chi connectivity index (χ3v) is 5.06. The van der Waals surface area contributed by atoms with Gasteiger partial charge < -0.3 is 5.32 Å². The van der Waals surface area contributed by atoms with Crippen LogP contribution in [0.5, 0.6) is 0 Å². The quantitative estimate of drug-likeness (QED) is 0.765. The number of carbonyl (C=O) groups excluding carboxylic acids is 1. The highest BCUT2D eigenvalue weighted by atomic mass is 32.2. The van der Waals surface area contributed by atoms with Gasteiger partial charge in [-0.1, -0.05) is 24.3 Å². The van der Waals surface area contributed by atoms with Crippen molar-refractivity contribution >= 4 is 23.4 Å². The van der Waals surface area contributed by atoms with Crippen molar-refractivity contribution in [3.8, 4) is 11.3 Å². The Balaban J connectivity index is 1.72. The lowest BCUT2D eigenvalue weighted by molar-refractivity contribution is 0.102. The van der Waals surface area contributed by atoms with Crippen molar-refractivity contribution < 1.29 is 9.18 Å². The molecule has 0 bridgehead atoms. The molecule has 2 heterocycles. The van der Waals surface area contributed by atoms with Crippen LogP contribution in [-0.4, -0.2) is 15.7 Å². The van der Waals surface area contributed by atoms with E-state index in [1.807, 2.05) is 25.2 Å². The normalized spacial score (nSPS) is 12.4. The first kappa shape index (κ1) is 15.0. The monoisotopic (exact) mass is 339 g/mol. The molecule has 0 saturated heterocycles. The van der Waals surface area contributed by atoms with E-state index in [9.17, 15) is 9.18 Å². The first-order valence-corrected chi connectivity index (χ1v) is 8.47. The van der Waals surface area contributed by atoms with Crippen molar-refractivity contribution in [1.82, 2.24) is 9.78 Å². The molecule has 0 radical (unpaired) electrons. The molecule has 1 aliphatic rings. The number of carbonyl (C=O) groups is 1. The second-order valence-corrected chi connectivity index (χ2v) is 6.57. The number of aryl methyl sites for hydroxylation is 1. The molecule has 0 unspecified atom stereocenters. The molecule has 1 N–H and O–H groups in total. The van der Waals surface area contributed by atoms with Crippen LogP contribution in [0.2, 0.25) is 0 Å². The van der Waals surface area contributed by atoms with Gasteiger partial charge in [0.15, 0.2) is 5.69 Å². The van der Waals surface area contributed by atoms with Crippen LogP contribution in [-0.2, 0) is 12.8 Å². The van der Waals surface area contributed by atoms with Gasteiger partial charge in [0.1, 0.15) is 5.82 Å². The fourth-order valence-electron chi connectivity index (χ4n) is 2.92. The van der Waals surface area contributed by atoms with Gasteiger partial charge in [-0.25, -0.2) is 4.39 Å². The van der Waals surface area contributed by atoms with Crippen LogP contribution in [0.3, 0.4) is 0 Å². The Morgan fingerprint density at radius 1 is 1.25 bits per heavy atom. The number of amides is 1. The molecule has 120 valence electrons. The maximum Gasteiger partial charge on any atom is 0.276 e. The number of benzene rings is 2. The Labute approximate surface area is 142 Å². The van der Waals surface area contributed by atoms with Crippen molar-refractivity contribution in [2.45, 2.75) is 10.6 Å². The minimum absolute atomic E-state index is 0.322. The van der Waals surface area contributed by atoms with Crippen molar-refractivity contribution in [1.29, 1.82) is 0 Å². The van der Waals surface area contributed by atoms with E-state index in [1.165, 1.54) is 17.0 Å². The Bertz CT molecular complexity index is 951. The molecular formula is C18H14FN3OS. The van der Waals surface area contributed by atoms with Crippen LogP contribution < -0.4 is 5.32 Å². The molecule has 0 aliphatic carbocycles. The lowest BCUT2D eigenvalue weighted by atomic mass is 10.1. The summed E-state index contributed by atoms with van der Waals surface area (Å²) < 4.78 is 15.0. The molecule has 0 spiro atoms. The van der Waals surface area contributed by atoms with Crippen LogP contribution in [0.1, 0.15) is 16.1 Å². The van der Waals surface area contributed by atoms with E-state index in [2.05, 4.69) is 16.5 Å². The number of nitrogens with zero attached hydrogens (tertiary/aromatic N) is 2. The van der Waals surface area contributed by atoms with Gasteiger partial charge in [-0.05, 0) is 24.3 Å². The van der Waals surface area contributed by atoms with Crippen LogP contribution in [0.15, 0.2) is 53.4 Å². The molecular weight excluding hydrogens is 325 g/mol. The molecule has 0 saturated carbocycles. The molecule has 1 amide bonds. The summed E-state index contributed by atoms with van der Waals surface area (Å²) in [6.07, 6.45) is 0. The molecule has 4 nitrogen and oxygen atoms in total. The minimum atomic E-state index is -0.389. The Morgan fingerprint density at radius 2 is 2.08 bits per heavy atom. The molecule has 2 aromatic carbocycles.